The summed E-state index contributed by atoms with van der Waals surface area (Å²) in [6, 6.07) is 3.74. The van der Waals surface area contributed by atoms with E-state index >= 15 is 0 Å². The first kappa shape index (κ1) is 13.2. The lowest BCUT2D eigenvalue weighted by atomic mass is 9.90. The van der Waals surface area contributed by atoms with Crippen molar-refractivity contribution in [2.24, 2.45) is 5.92 Å². The van der Waals surface area contributed by atoms with Crippen LogP contribution < -0.4 is 9.47 Å². The first-order valence-electron chi connectivity index (χ1n) is 6.55. The molecule has 0 aromatic heterocycles. The molecule has 3 atom stereocenters. The van der Waals surface area contributed by atoms with Gasteiger partial charge in [0.25, 0.3) is 0 Å². The Hall–Kier alpha value is -0.780. The summed E-state index contributed by atoms with van der Waals surface area (Å²) in [6.45, 7) is 3.83. The summed E-state index contributed by atoms with van der Waals surface area (Å²) < 4.78 is 17.5. The van der Waals surface area contributed by atoms with Gasteiger partial charge in [0.2, 0.25) is 0 Å². The van der Waals surface area contributed by atoms with Crippen molar-refractivity contribution in [3.05, 3.63) is 22.2 Å². The van der Waals surface area contributed by atoms with Gasteiger partial charge in [-0.1, -0.05) is 15.9 Å². The Kier molecular flexibility index (Phi) is 3.69. The maximum atomic E-state index is 10.6. The van der Waals surface area contributed by atoms with E-state index in [-0.39, 0.29) is 12.0 Å². The molecule has 1 fully saturated rings. The van der Waals surface area contributed by atoms with E-state index < -0.39 is 6.10 Å². The van der Waals surface area contributed by atoms with Crippen LogP contribution in [0.2, 0.25) is 0 Å². The van der Waals surface area contributed by atoms with Crippen LogP contribution in [0, 0.1) is 5.92 Å². The van der Waals surface area contributed by atoms with Gasteiger partial charge in [-0.05, 0) is 31.0 Å². The Balaban J connectivity index is 1.91. The first-order valence-corrected chi connectivity index (χ1v) is 7.35. The molecule has 0 aliphatic carbocycles. The summed E-state index contributed by atoms with van der Waals surface area (Å²) in [5, 5.41) is 10.6. The summed E-state index contributed by atoms with van der Waals surface area (Å²) in [5.74, 6) is 1.55. The van der Waals surface area contributed by atoms with Crippen LogP contribution in [0.4, 0.5) is 0 Å². The van der Waals surface area contributed by atoms with Crippen LogP contribution in [0.25, 0.3) is 0 Å². The highest BCUT2D eigenvalue weighted by atomic mass is 79.9. The minimum Gasteiger partial charge on any atom is -0.486 e. The summed E-state index contributed by atoms with van der Waals surface area (Å²) >= 11 is 3.51. The first-order chi connectivity index (χ1) is 9.16. The van der Waals surface area contributed by atoms with Crippen molar-refractivity contribution in [1.29, 1.82) is 0 Å². The second kappa shape index (κ2) is 5.31. The van der Waals surface area contributed by atoms with Gasteiger partial charge in [0.15, 0.2) is 11.5 Å². The van der Waals surface area contributed by atoms with Crippen LogP contribution in [0.3, 0.4) is 0 Å². The number of ether oxygens (including phenoxy) is 3. The molecule has 2 heterocycles. The van der Waals surface area contributed by atoms with E-state index in [4.69, 9.17) is 14.2 Å². The van der Waals surface area contributed by atoms with Crippen molar-refractivity contribution in [3.63, 3.8) is 0 Å². The van der Waals surface area contributed by atoms with Gasteiger partial charge < -0.3 is 19.3 Å². The molecule has 104 valence electrons. The highest BCUT2D eigenvalue weighted by Crippen LogP contribution is 2.42. The quantitative estimate of drug-likeness (QED) is 0.906. The van der Waals surface area contributed by atoms with Crippen LogP contribution in [-0.4, -0.2) is 31.0 Å². The van der Waals surface area contributed by atoms with Crippen LogP contribution >= 0.6 is 15.9 Å². The Labute approximate surface area is 120 Å². The van der Waals surface area contributed by atoms with Crippen LogP contribution in [0.1, 0.15) is 25.0 Å². The predicted molar refractivity (Wildman–Crippen MR) is 73.6 cm³/mol. The average molecular weight is 329 g/mol. The fraction of sp³-hybridized carbons (Fsp3) is 0.571. The fourth-order valence-corrected chi connectivity index (χ4v) is 3.26. The molecule has 0 spiro atoms. The summed E-state index contributed by atoms with van der Waals surface area (Å²) in [4.78, 5) is 0. The number of hydrogen-bond acceptors (Lipinski definition) is 4. The lowest BCUT2D eigenvalue weighted by Gasteiger charge is -2.25. The fourth-order valence-electron chi connectivity index (χ4n) is 2.70. The van der Waals surface area contributed by atoms with Gasteiger partial charge in [0, 0.05) is 17.0 Å². The molecule has 0 bridgehead atoms. The highest BCUT2D eigenvalue weighted by Gasteiger charge is 2.33. The van der Waals surface area contributed by atoms with E-state index in [1.165, 1.54) is 0 Å². The maximum absolute atomic E-state index is 10.6. The minimum atomic E-state index is -0.553. The predicted octanol–water partition coefficient (Wildman–Crippen LogP) is 2.68. The molecule has 2 aliphatic rings. The minimum absolute atomic E-state index is 0.0788. The third kappa shape index (κ3) is 2.47. The van der Waals surface area contributed by atoms with Crippen LogP contribution in [0.15, 0.2) is 16.6 Å². The third-order valence-corrected chi connectivity index (χ3v) is 4.51. The van der Waals surface area contributed by atoms with Crippen LogP contribution in [0.5, 0.6) is 11.5 Å². The molecule has 0 saturated carbocycles. The second-order valence-corrected chi connectivity index (χ2v) is 5.84. The van der Waals surface area contributed by atoms with Gasteiger partial charge in [0.05, 0.1) is 12.2 Å². The van der Waals surface area contributed by atoms with Gasteiger partial charge in [0.1, 0.15) is 13.2 Å². The lowest BCUT2D eigenvalue weighted by molar-refractivity contribution is 0.0425. The van der Waals surface area contributed by atoms with Gasteiger partial charge >= 0.3 is 0 Å². The van der Waals surface area contributed by atoms with E-state index in [2.05, 4.69) is 15.9 Å². The molecule has 5 heteroatoms. The molecule has 4 nitrogen and oxygen atoms in total. The average Bonchev–Trinajstić information content (AvgIpc) is 2.83. The molecule has 1 aromatic rings. The molecule has 1 N–H and O–H groups in total. The zero-order valence-corrected chi connectivity index (χ0v) is 12.4. The van der Waals surface area contributed by atoms with Crippen molar-refractivity contribution in [1.82, 2.24) is 0 Å². The number of rotatable bonds is 2. The van der Waals surface area contributed by atoms with Crippen molar-refractivity contribution < 1.29 is 19.3 Å². The summed E-state index contributed by atoms with van der Waals surface area (Å²) in [6.07, 6.45) is 0.404. The molecule has 19 heavy (non-hydrogen) atoms. The van der Waals surface area contributed by atoms with E-state index in [9.17, 15) is 5.11 Å². The molecular weight excluding hydrogens is 312 g/mol. The number of benzene rings is 1. The molecule has 3 rings (SSSR count). The SMILES string of the molecule is CC1OCCC1C(O)c1cc2c(cc1Br)OCCO2. The van der Waals surface area contributed by atoms with E-state index in [1.807, 2.05) is 19.1 Å². The zero-order valence-electron chi connectivity index (χ0n) is 10.8. The molecule has 3 unspecified atom stereocenters. The lowest BCUT2D eigenvalue weighted by Crippen LogP contribution is -2.21. The van der Waals surface area contributed by atoms with Crippen molar-refractivity contribution in [2.75, 3.05) is 19.8 Å². The summed E-state index contributed by atoms with van der Waals surface area (Å²) in [7, 11) is 0. The van der Waals surface area contributed by atoms with Crippen molar-refractivity contribution in [3.8, 4) is 11.5 Å². The summed E-state index contributed by atoms with van der Waals surface area (Å²) in [5.41, 5.74) is 0.839. The van der Waals surface area contributed by atoms with Crippen molar-refractivity contribution in [2.45, 2.75) is 25.6 Å². The molecule has 2 aliphatic heterocycles. The second-order valence-electron chi connectivity index (χ2n) is 4.99. The Bertz CT molecular complexity index is 477. The van der Waals surface area contributed by atoms with E-state index in [0.29, 0.717) is 25.6 Å². The number of fused-ring (bicyclic) bond motifs is 1. The number of hydrogen-bond donors (Lipinski definition) is 1. The van der Waals surface area contributed by atoms with Gasteiger partial charge in [-0.15, -0.1) is 0 Å². The van der Waals surface area contributed by atoms with Crippen molar-refractivity contribution >= 4 is 15.9 Å². The van der Waals surface area contributed by atoms with Gasteiger partial charge in [-0.3, -0.25) is 0 Å². The maximum Gasteiger partial charge on any atom is 0.162 e. The van der Waals surface area contributed by atoms with Gasteiger partial charge in [-0.2, -0.15) is 0 Å². The highest BCUT2D eigenvalue weighted by molar-refractivity contribution is 9.10. The normalized spacial score (nSPS) is 27.3. The Morgan fingerprint density at radius 2 is 1.89 bits per heavy atom. The number of aliphatic hydroxyl groups is 1. The number of aliphatic hydroxyl groups excluding tert-OH is 1. The standard InChI is InChI=1S/C14H17BrO4/c1-8-9(2-3-17-8)14(16)10-6-12-13(7-11(10)15)19-5-4-18-12/h6-9,14,16H,2-5H2,1H3. The Morgan fingerprint density at radius 3 is 2.53 bits per heavy atom. The molecule has 1 aromatic carbocycles. The topological polar surface area (TPSA) is 47.9 Å². The zero-order chi connectivity index (χ0) is 13.4. The molecule has 0 radical (unpaired) electrons. The van der Waals surface area contributed by atoms with Crippen LogP contribution in [-0.2, 0) is 4.74 Å². The van der Waals surface area contributed by atoms with E-state index in [0.717, 1.165) is 22.2 Å². The monoisotopic (exact) mass is 328 g/mol. The Morgan fingerprint density at radius 1 is 1.21 bits per heavy atom. The smallest absolute Gasteiger partial charge is 0.162 e. The number of halogens is 1. The largest absolute Gasteiger partial charge is 0.486 e. The molecule has 1 saturated heterocycles. The van der Waals surface area contributed by atoms with Gasteiger partial charge in [-0.25, -0.2) is 0 Å². The van der Waals surface area contributed by atoms with E-state index in [1.54, 1.807) is 0 Å². The third-order valence-electron chi connectivity index (χ3n) is 3.82. The molecular formula is C14H17BrO4. The molecule has 0 amide bonds.